The van der Waals surface area contributed by atoms with Gasteiger partial charge in [0, 0.05) is 6.04 Å². The predicted molar refractivity (Wildman–Crippen MR) is 69.9 cm³/mol. The number of hydrogen-bond donors (Lipinski definition) is 1. The van der Waals surface area contributed by atoms with E-state index in [-0.39, 0.29) is 0 Å². The van der Waals surface area contributed by atoms with Gasteiger partial charge < -0.3 is 5.73 Å². The molecule has 0 aromatic rings. The molecular weight excluding hydrogens is 182 g/mol. The summed E-state index contributed by atoms with van der Waals surface area (Å²) in [4.78, 5) is 0. The third-order valence-corrected chi connectivity index (χ3v) is 3.36. The minimum atomic E-state index is 0.341. The van der Waals surface area contributed by atoms with Gasteiger partial charge in [-0.25, -0.2) is 0 Å². The standard InChI is InChI=1S/C14H29N/c1-5-9-14(15)12(4)10-8-11-13(6-2)7-3/h8,10,12-14H,5-7,9,11,15H2,1-4H3. The Morgan fingerprint density at radius 1 is 1.13 bits per heavy atom. The summed E-state index contributed by atoms with van der Waals surface area (Å²) in [6.07, 6.45) is 10.8. The van der Waals surface area contributed by atoms with Crippen molar-refractivity contribution in [2.24, 2.45) is 17.6 Å². The number of hydrogen-bond acceptors (Lipinski definition) is 1. The average molecular weight is 211 g/mol. The SMILES string of the molecule is CCCC(N)C(C)C=CCC(CC)CC. The summed E-state index contributed by atoms with van der Waals surface area (Å²) in [6.45, 7) is 8.97. The van der Waals surface area contributed by atoms with Crippen LogP contribution in [0.5, 0.6) is 0 Å². The Bertz CT molecular complexity index is 159. The van der Waals surface area contributed by atoms with Gasteiger partial charge in [-0.2, -0.15) is 0 Å². The Hall–Kier alpha value is -0.300. The quantitative estimate of drug-likeness (QED) is 0.600. The fraction of sp³-hybridized carbons (Fsp3) is 0.857. The molecule has 0 aliphatic carbocycles. The van der Waals surface area contributed by atoms with Gasteiger partial charge >= 0.3 is 0 Å². The third-order valence-electron chi connectivity index (χ3n) is 3.36. The van der Waals surface area contributed by atoms with Gasteiger partial charge in [0.25, 0.3) is 0 Å². The summed E-state index contributed by atoms with van der Waals surface area (Å²) in [5.74, 6) is 1.38. The molecule has 0 bridgehead atoms. The lowest BCUT2D eigenvalue weighted by Gasteiger charge is -2.16. The van der Waals surface area contributed by atoms with E-state index in [1.54, 1.807) is 0 Å². The van der Waals surface area contributed by atoms with Crippen molar-refractivity contribution >= 4 is 0 Å². The van der Waals surface area contributed by atoms with Crippen molar-refractivity contribution in [1.82, 2.24) is 0 Å². The highest BCUT2D eigenvalue weighted by atomic mass is 14.6. The highest BCUT2D eigenvalue weighted by Crippen LogP contribution is 2.15. The molecule has 0 heterocycles. The van der Waals surface area contributed by atoms with Crippen LogP contribution in [0.1, 0.15) is 59.8 Å². The summed E-state index contributed by atoms with van der Waals surface area (Å²) in [7, 11) is 0. The Labute approximate surface area is 96.1 Å². The predicted octanol–water partition coefficient (Wildman–Crippen LogP) is 4.13. The van der Waals surface area contributed by atoms with Gasteiger partial charge in [-0.15, -0.1) is 0 Å². The summed E-state index contributed by atoms with van der Waals surface area (Å²) in [5, 5.41) is 0. The van der Waals surface area contributed by atoms with Crippen molar-refractivity contribution < 1.29 is 0 Å². The molecular formula is C14H29N. The van der Waals surface area contributed by atoms with Crippen LogP contribution in [-0.4, -0.2) is 6.04 Å². The maximum Gasteiger partial charge on any atom is 0.00991 e. The van der Waals surface area contributed by atoms with E-state index in [0.717, 1.165) is 12.3 Å². The minimum absolute atomic E-state index is 0.341. The summed E-state index contributed by atoms with van der Waals surface area (Å²) < 4.78 is 0. The molecule has 0 saturated heterocycles. The second kappa shape index (κ2) is 8.96. The zero-order chi connectivity index (χ0) is 11.7. The average Bonchev–Trinajstić information content (AvgIpc) is 2.24. The Morgan fingerprint density at radius 3 is 2.20 bits per heavy atom. The molecule has 0 aromatic carbocycles. The minimum Gasteiger partial charge on any atom is -0.327 e. The molecule has 1 heteroatoms. The van der Waals surface area contributed by atoms with Crippen LogP contribution in [0.3, 0.4) is 0 Å². The molecule has 0 spiro atoms. The van der Waals surface area contributed by atoms with Crippen LogP contribution in [0.2, 0.25) is 0 Å². The lowest BCUT2D eigenvalue weighted by Crippen LogP contribution is -2.26. The number of allylic oxidation sites excluding steroid dienone is 1. The molecule has 1 nitrogen and oxygen atoms in total. The Morgan fingerprint density at radius 2 is 1.73 bits per heavy atom. The van der Waals surface area contributed by atoms with Crippen molar-refractivity contribution in [3.8, 4) is 0 Å². The fourth-order valence-corrected chi connectivity index (χ4v) is 1.85. The van der Waals surface area contributed by atoms with Gasteiger partial charge in [-0.05, 0) is 24.7 Å². The van der Waals surface area contributed by atoms with E-state index in [1.165, 1.54) is 25.7 Å². The van der Waals surface area contributed by atoms with Gasteiger partial charge in [-0.3, -0.25) is 0 Å². The Balaban J connectivity index is 3.83. The molecule has 0 aliphatic rings. The van der Waals surface area contributed by atoms with E-state index in [4.69, 9.17) is 5.73 Å². The van der Waals surface area contributed by atoms with Crippen LogP contribution in [0.15, 0.2) is 12.2 Å². The van der Waals surface area contributed by atoms with Crippen LogP contribution < -0.4 is 5.73 Å². The molecule has 0 aliphatic heterocycles. The largest absolute Gasteiger partial charge is 0.327 e. The first-order valence-electron chi connectivity index (χ1n) is 6.57. The molecule has 2 N–H and O–H groups in total. The molecule has 15 heavy (non-hydrogen) atoms. The van der Waals surface area contributed by atoms with E-state index in [0.29, 0.717) is 12.0 Å². The van der Waals surface area contributed by atoms with Gasteiger partial charge in [0.05, 0.1) is 0 Å². The number of rotatable bonds is 8. The van der Waals surface area contributed by atoms with E-state index in [1.807, 2.05) is 0 Å². The lowest BCUT2D eigenvalue weighted by molar-refractivity contribution is 0.483. The summed E-state index contributed by atoms with van der Waals surface area (Å²) in [5.41, 5.74) is 6.06. The first kappa shape index (κ1) is 14.7. The normalized spacial score (nSPS) is 16.1. The third kappa shape index (κ3) is 6.72. The number of nitrogens with two attached hydrogens (primary N) is 1. The van der Waals surface area contributed by atoms with E-state index in [9.17, 15) is 0 Å². The van der Waals surface area contributed by atoms with E-state index >= 15 is 0 Å². The van der Waals surface area contributed by atoms with Crippen LogP contribution in [0, 0.1) is 11.8 Å². The summed E-state index contributed by atoms with van der Waals surface area (Å²) in [6, 6.07) is 0.341. The fourth-order valence-electron chi connectivity index (χ4n) is 1.85. The molecule has 0 saturated carbocycles. The first-order valence-corrected chi connectivity index (χ1v) is 6.57. The van der Waals surface area contributed by atoms with Gasteiger partial charge in [-0.1, -0.05) is 59.1 Å². The first-order chi connectivity index (χ1) is 7.15. The molecule has 2 unspecified atom stereocenters. The maximum atomic E-state index is 6.06. The Kier molecular flexibility index (Phi) is 8.79. The highest BCUT2D eigenvalue weighted by molar-refractivity contribution is 4.92. The molecule has 0 amide bonds. The van der Waals surface area contributed by atoms with Crippen LogP contribution in [0.4, 0.5) is 0 Å². The van der Waals surface area contributed by atoms with Crippen LogP contribution in [-0.2, 0) is 0 Å². The molecule has 90 valence electrons. The molecule has 0 aromatic heterocycles. The second-order valence-corrected chi connectivity index (χ2v) is 4.66. The van der Waals surface area contributed by atoms with E-state index < -0.39 is 0 Å². The van der Waals surface area contributed by atoms with Crippen molar-refractivity contribution in [1.29, 1.82) is 0 Å². The van der Waals surface area contributed by atoms with Crippen LogP contribution >= 0.6 is 0 Å². The second-order valence-electron chi connectivity index (χ2n) is 4.66. The van der Waals surface area contributed by atoms with Gasteiger partial charge in [0.15, 0.2) is 0 Å². The molecule has 2 atom stereocenters. The monoisotopic (exact) mass is 211 g/mol. The zero-order valence-electron chi connectivity index (χ0n) is 11.0. The summed E-state index contributed by atoms with van der Waals surface area (Å²) >= 11 is 0. The lowest BCUT2D eigenvalue weighted by atomic mass is 9.95. The van der Waals surface area contributed by atoms with Gasteiger partial charge in [0.1, 0.15) is 0 Å². The van der Waals surface area contributed by atoms with Crippen molar-refractivity contribution in [3.63, 3.8) is 0 Å². The smallest absolute Gasteiger partial charge is 0.00991 e. The van der Waals surface area contributed by atoms with Crippen molar-refractivity contribution in [2.75, 3.05) is 0 Å². The van der Waals surface area contributed by atoms with E-state index in [2.05, 4.69) is 39.8 Å². The highest BCUT2D eigenvalue weighted by Gasteiger charge is 2.08. The van der Waals surface area contributed by atoms with Crippen molar-refractivity contribution in [2.45, 2.75) is 65.8 Å². The van der Waals surface area contributed by atoms with Gasteiger partial charge in [0.2, 0.25) is 0 Å². The van der Waals surface area contributed by atoms with Crippen molar-refractivity contribution in [3.05, 3.63) is 12.2 Å². The molecule has 0 radical (unpaired) electrons. The maximum absolute atomic E-state index is 6.06. The zero-order valence-corrected chi connectivity index (χ0v) is 11.0. The topological polar surface area (TPSA) is 26.0 Å². The molecule has 0 rings (SSSR count). The molecule has 0 fully saturated rings. The van der Waals surface area contributed by atoms with Crippen LogP contribution in [0.25, 0.3) is 0 Å².